The van der Waals surface area contributed by atoms with Gasteiger partial charge in [0, 0.05) is 29.3 Å². The fourth-order valence-electron chi connectivity index (χ4n) is 3.00. The van der Waals surface area contributed by atoms with Crippen molar-refractivity contribution in [1.82, 2.24) is 4.31 Å². The zero-order chi connectivity index (χ0) is 19.1. The number of benzene rings is 2. The molecule has 1 heterocycles. The van der Waals surface area contributed by atoms with Gasteiger partial charge in [-0.3, -0.25) is 4.79 Å². The van der Waals surface area contributed by atoms with Crippen LogP contribution >= 0.6 is 11.8 Å². The molecule has 2 aromatic carbocycles. The van der Waals surface area contributed by atoms with E-state index in [1.807, 2.05) is 54.6 Å². The highest BCUT2D eigenvalue weighted by Gasteiger charge is 2.24. The summed E-state index contributed by atoms with van der Waals surface area (Å²) < 4.78 is 26.0. The molecular formula is C20H24N2O3S2. The number of sulfonamides is 1. The zero-order valence-electron chi connectivity index (χ0n) is 15.1. The normalized spacial score (nSPS) is 15.0. The molecule has 0 saturated carbocycles. The molecule has 0 spiro atoms. The van der Waals surface area contributed by atoms with E-state index in [0.29, 0.717) is 19.5 Å². The fourth-order valence-corrected chi connectivity index (χ4v) is 5.50. The van der Waals surface area contributed by atoms with Crippen LogP contribution in [0.2, 0.25) is 0 Å². The number of rotatable bonds is 8. The minimum Gasteiger partial charge on any atom is -0.325 e. The molecule has 0 aliphatic carbocycles. The summed E-state index contributed by atoms with van der Waals surface area (Å²) in [4.78, 5) is 14.3. The summed E-state index contributed by atoms with van der Waals surface area (Å²) in [5.41, 5.74) is 0.749. The Morgan fingerprint density at radius 3 is 2.41 bits per heavy atom. The van der Waals surface area contributed by atoms with E-state index in [-0.39, 0.29) is 18.1 Å². The number of anilines is 1. The maximum atomic E-state index is 12.3. The Kier molecular flexibility index (Phi) is 6.93. The van der Waals surface area contributed by atoms with Gasteiger partial charge in [-0.25, -0.2) is 12.7 Å². The molecule has 144 valence electrons. The van der Waals surface area contributed by atoms with Crippen molar-refractivity contribution in [3.63, 3.8) is 0 Å². The summed E-state index contributed by atoms with van der Waals surface area (Å²) in [6, 6.07) is 17.6. The van der Waals surface area contributed by atoms with Crippen molar-refractivity contribution in [1.29, 1.82) is 0 Å². The molecule has 3 rings (SSSR count). The first kappa shape index (κ1) is 19.9. The lowest BCUT2D eigenvalue weighted by Gasteiger charge is -2.15. The van der Waals surface area contributed by atoms with Gasteiger partial charge >= 0.3 is 0 Å². The van der Waals surface area contributed by atoms with Gasteiger partial charge in [-0.05, 0) is 43.5 Å². The fraction of sp³-hybridized carbons (Fsp3) is 0.350. The van der Waals surface area contributed by atoms with Gasteiger partial charge in [-0.1, -0.05) is 42.1 Å². The molecule has 5 nitrogen and oxygen atoms in total. The van der Waals surface area contributed by atoms with E-state index in [4.69, 9.17) is 0 Å². The number of nitrogens with zero attached hydrogens (tertiary/aromatic N) is 1. The zero-order valence-corrected chi connectivity index (χ0v) is 16.8. The second kappa shape index (κ2) is 9.39. The monoisotopic (exact) mass is 404 g/mol. The molecule has 0 atom stereocenters. The van der Waals surface area contributed by atoms with Crippen molar-refractivity contribution in [2.45, 2.75) is 35.5 Å². The molecular weight excluding hydrogens is 380 g/mol. The summed E-state index contributed by atoms with van der Waals surface area (Å²) in [5, 5.41) is 2.92. The van der Waals surface area contributed by atoms with Crippen LogP contribution in [0.3, 0.4) is 0 Å². The third kappa shape index (κ3) is 5.82. The first-order chi connectivity index (χ1) is 13.0. The Balaban J connectivity index is 1.53. The van der Waals surface area contributed by atoms with Gasteiger partial charge in [0.2, 0.25) is 15.9 Å². The van der Waals surface area contributed by atoms with E-state index in [1.165, 1.54) is 4.31 Å². The summed E-state index contributed by atoms with van der Waals surface area (Å²) in [6.45, 7) is 1.22. The highest BCUT2D eigenvalue weighted by atomic mass is 32.2. The van der Waals surface area contributed by atoms with Gasteiger partial charge in [0.25, 0.3) is 0 Å². The highest BCUT2D eigenvalue weighted by Crippen LogP contribution is 2.33. The van der Waals surface area contributed by atoms with Crippen LogP contribution in [0.25, 0.3) is 0 Å². The molecule has 0 aromatic heterocycles. The third-order valence-electron chi connectivity index (χ3n) is 4.40. The number of amides is 1. The van der Waals surface area contributed by atoms with Crippen molar-refractivity contribution < 1.29 is 13.2 Å². The molecule has 1 aliphatic rings. The van der Waals surface area contributed by atoms with Crippen LogP contribution < -0.4 is 5.32 Å². The first-order valence-corrected chi connectivity index (χ1v) is 11.6. The molecule has 2 aromatic rings. The molecule has 7 heteroatoms. The molecule has 1 aliphatic heterocycles. The lowest BCUT2D eigenvalue weighted by atomic mass is 10.3. The quantitative estimate of drug-likeness (QED) is 0.723. The van der Waals surface area contributed by atoms with Crippen LogP contribution in [0, 0.1) is 0 Å². The van der Waals surface area contributed by atoms with Crippen LogP contribution in [-0.2, 0) is 14.8 Å². The number of nitrogens with one attached hydrogen (secondary N) is 1. The molecule has 1 fully saturated rings. The molecule has 1 amide bonds. The second-order valence-electron chi connectivity index (χ2n) is 6.49. The molecule has 0 unspecified atom stereocenters. The second-order valence-corrected chi connectivity index (χ2v) is 9.69. The average molecular weight is 405 g/mol. The highest BCUT2D eigenvalue weighted by molar-refractivity contribution is 7.99. The van der Waals surface area contributed by atoms with Gasteiger partial charge in [0.05, 0.1) is 11.4 Å². The van der Waals surface area contributed by atoms with Crippen LogP contribution in [0.5, 0.6) is 0 Å². The van der Waals surface area contributed by atoms with E-state index < -0.39 is 10.0 Å². The first-order valence-electron chi connectivity index (χ1n) is 9.14. The Morgan fingerprint density at radius 1 is 1.00 bits per heavy atom. The van der Waals surface area contributed by atoms with Crippen LogP contribution in [0.1, 0.15) is 25.7 Å². The Bertz CT molecular complexity index is 864. The summed E-state index contributed by atoms with van der Waals surface area (Å²) >= 11 is 1.58. The van der Waals surface area contributed by atoms with Crippen LogP contribution in [-0.4, -0.2) is 37.5 Å². The lowest BCUT2D eigenvalue weighted by Crippen LogP contribution is -2.30. The Labute approximate surface area is 165 Å². The van der Waals surface area contributed by atoms with E-state index in [0.717, 1.165) is 28.3 Å². The minimum absolute atomic E-state index is 0.0286. The standard InChI is InChI=1S/C20H24N2O3S2/c23-20(13-8-16-27(24,25)22-14-6-7-15-22)21-18-11-4-5-12-19(18)26-17-9-2-1-3-10-17/h1-5,9-12H,6-8,13-16H2,(H,21,23). The lowest BCUT2D eigenvalue weighted by molar-refractivity contribution is -0.116. The van der Waals surface area contributed by atoms with Gasteiger partial charge in [0.1, 0.15) is 0 Å². The van der Waals surface area contributed by atoms with Crippen molar-refractivity contribution >= 4 is 33.4 Å². The van der Waals surface area contributed by atoms with Crippen LogP contribution in [0.15, 0.2) is 64.4 Å². The van der Waals surface area contributed by atoms with Gasteiger partial charge in [-0.15, -0.1) is 0 Å². The number of hydrogen-bond donors (Lipinski definition) is 1. The number of carbonyl (C=O) groups excluding carboxylic acids is 1. The molecule has 0 bridgehead atoms. The summed E-state index contributed by atoms with van der Waals surface area (Å²) in [7, 11) is -3.23. The van der Waals surface area contributed by atoms with Gasteiger partial charge in [-0.2, -0.15) is 0 Å². The van der Waals surface area contributed by atoms with Gasteiger partial charge < -0.3 is 5.32 Å². The largest absolute Gasteiger partial charge is 0.325 e. The predicted octanol–water partition coefficient (Wildman–Crippen LogP) is 3.98. The van der Waals surface area contributed by atoms with Crippen molar-refractivity contribution in [2.75, 3.05) is 24.2 Å². The van der Waals surface area contributed by atoms with Crippen LogP contribution in [0.4, 0.5) is 5.69 Å². The maximum Gasteiger partial charge on any atom is 0.224 e. The number of para-hydroxylation sites is 1. The molecule has 0 radical (unpaired) electrons. The SMILES string of the molecule is O=C(CCCS(=O)(=O)N1CCCC1)Nc1ccccc1Sc1ccccc1. The molecule has 27 heavy (non-hydrogen) atoms. The van der Waals surface area contributed by atoms with E-state index in [2.05, 4.69) is 5.32 Å². The van der Waals surface area contributed by atoms with E-state index >= 15 is 0 Å². The average Bonchev–Trinajstić information content (AvgIpc) is 3.20. The summed E-state index contributed by atoms with van der Waals surface area (Å²) in [5.74, 6) is -0.131. The smallest absolute Gasteiger partial charge is 0.224 e. The van der Waals surface area contributed by atoms with Crippen molar-refractivity contribution in [3.8, 4) is 0 Å². The van der Waals surface area contributed by atoms with E-state index in [9.17, 15) is 13.2 Å². The Morgan fingerprint density at radius 2 is 1.67 bits per heavy atom. The van der Waals surface area contributed by atoms with Crippen molar-refractivity contribution in [3.05, 3.63) is 54.6 Å². The summed E-state index contributed by atoms with van der Waals surface area (Å²) in [6.07, 6.45) is 2.38. The predicted molar refractivity (Wildman–Crippen MR) is 109 cm³/mol. The van der Waals surface area contributed by atoms with E-state index in [1.54, 1.807) is 11.8 Å². The van der Waals surface area contributed by atoms with Crippen molar-refractivity contribution in [2.24, 2.45) is 0 Å². The third-order valence-corrected chi connectivity index (χ3v) is 7.44. The molecule has 1 saturated heterocycles. The minimum atomic E-state index is -3.23. The van der Waals surface area contributed by atoms with Gasteiger partial charge in [0.15, 0.2) is 0 Å². The number of hydrogen-bond acceptors (Lipinski definition) is 4. The maximum absolute atomic E-state index is 12.3. The number of carbonyl (C=O) groups is 1. The topological polar surface area (TPSA) is 66.5 Å². The molecule has 1 N–H and O–H groups in total. The Hall–Kier alpha value is -1.83.